The number of aromatic nitrogens is 3. The van der Waals surface area contributed by atoms with Gasteiger partial charge in [0.1, 0.15) is 11.3 Å². The molecule has 8 heteroatoms. The summed E-state index contributed by atoms with van der Waals surface area (Å²) in [6, 6.07) is 25.4. The van der Waals surface area contributed by atoms with Gasteiger partial charge in [0.25, 0.3) is 5.91 Å². The summed E-state index contributed by atoms with van der Waals surface area (Å²) in [6.45, 7) is 1.40. The molecular formula is C29H25BrClN5O. The predicted octanol–water partition coefficient (Wildman–Crippen LogP) is 7.42. The summed E-state index contributed by atoms with van der Waals surface area (Å²) < 4.78 is 5.09. The van der Waals surface area contributed by atoms with Gasteiger partial charge in [-0.05, 0) is 73.4 Å². The molecule has 37 heavy (non-hydrogen) atoms. The fraction of sp³-hybridized carbons (Fsp3) is 0.172. The zero-order chi connectivity index (χ0) is 25.4. The second kappa shape index (κ2) is 10.1. The molecule has 0 spiro atoms. The number of hydrogen-bond acceptors (Lipinski definition) is 3. The van der Waals surface area contributed by atoms with E-state index in [9.17, 15) is 4.79 Å². The molecule has 2 N–H and O–H groups in total. The quantitative estimate of drug-likeness (QED) is 0.222. The van der Waals surface area contributed by atoms with Gasteiger partial charge in [-0.15, -0.1) is 0 Å². The van der Waals surface area contributed by atoms with Crippen LogP contribution in [0.1, 0.15) is 34.7 Å². The average Bonchev–Trinajstić information content (AvgIpc) is 3.32. The van der Waals surface area contributed by atoms with Crippen LogP contribution in [0.2, 0.25) is 5.02 Å². The number of anilines is 2. The van der Waals surface area contributed by atoms with Gasteiger partial charge in [-0.1, -0.05) is 57.9 Å². The molecule has 2 aromatic heterocycles. The number of halogens is 2. The maximum absolute atomic E-state index is 13.9. The molecule has 0 radical (unpaired) electrons. The van der Waals surface area contributed by atoms with E-state index >= 15 is 0 Å². The Balaban J connectivity index is 1.47. The van der Waals surface area contributed by atoms with E-state index in [1.807, 2.05) is 71.2 Å². The first-order valence-electron chi connectivity index (χ1n) is 12.3. The molecule has 0 unspecified atom stereocenters. The summed E-state index contributed by atoms with van der Waals surface area (Å²) in [5, 5.41) is 12.3. The van der Waals surface area contributed by atoms with Crippen LogP contribution >= 0.6 is 27.5 Å². The van der Waals surface area contributed by atoms with Crippen LogP contribution in [0.3, 0.4) is 0 Å². The summed E-state index contributed by atoms with van der Waals surface area (Å²) in [6.07, 6.45) is 3.01. The fourth-order valence-corrected chi connectivity index (χ4v) is 5.42. The molecule has 1 amide bonds. The van der Waals surface area contributed by atoms with E-state index in [0.717, 1.165) is 64.3 Å². The molecule has 0 aliphatic carbocycles. The van der Waals surface area contributed by atoms with Crippen molar-refractivity contribution in [1.82, 2.24) is 14.2 Å². The first kappa shape index (κ1) is 23.8. The fourth-order valence-electron chi connectivity index (χ4n) is 5.03. The van der Waals surface area contributed by atoms with Crippen LogP contribution in [0.5, 0.6) is 0 Å². The van der Waals surface area contributed by atoms with Crippen molar-refractivity contribution in [3.05, 3.63) is 105 Å². The molecule has 0 saturated heterocycles. The first-order chi connectivity index (χ1) is 18.1. The summed E-state index contributed by atoms with van der Waals surface area (Å²) in [5.74, 6) is 0.718. The Morgan fingerprint density at radius 3 is 2.43 bits per heavy atom. The van der Waals surface area contributed by atoms with E-state index in [0.29, 0.717) is 17.3 Å². The molecule has 3 aromatic carbocycles. The number of nitrogens with zero attached hydrogens (tertiary/aromatic N) is 3. The molecule has 6 nitrogen and oxygen atoms in total. The third-order valence-electron chi connectivity index (χ3n) is 6.74. The Bertz CT molecular complexity index is 1570. The predicted molar refractivity (Wildman–Crippen MR) is 152 cm³/mol. The van der Waals surface area contributed by atoms with Crippen molar-refractivity contribution in [3.63, 3.8) is 0 Å². The molecule has 0 fully saturated rings. The number of benzene rings is 3. The van der Waals surface area contributed by atoms with Gasteiger partial charge < -0.3 is 15.2 Å². The van der Waals surface area contributed by atoms with Gasteiger partial charge in [0, 0.05) is 38.5 Å². The second-order valence-corrected chi connectivity index (χ2v) is 10.5. The van der Waals surface area contributed by atoms with Crippen LogP contribution < -0.4 is 10.6 Å². The lowest BCUT2D eigenvalue weighted by molar-refractivity contribution is 0.102. The molecule has 5 aromatic rings. The van der Waals surface area contributed by atoms with E-state index < -0.39 is 0 Å². The van der Waals surface area contributed by atoms with Crippen LogP contribution in [0, 0.1) is 0 Å². The molecule has 3 heterocycles. The van der Waals surface area contributed by atoms with Crippen molar-refractivity contribution in [1.29, 1.82) is 0 Å². The number of hydrogen-bond donors (Lipinski definition) is 2. The van der Waals surface area contributed by atoms with Gasteiger partial charge in [-0.3, -0.25) is 4.79 Å². The largest absolute Gasteiger partial charge is 0.378 e. The van der Waals surface area contributed by atoms with E-state index in [1.54, 1.807) is 0 Å². The number of nitrogens with one attached hydrogen (secondary N) is 2. The minimum Gasteiger partial charge on any atom is -0.378 e. The molecule has 0 atom stereocenters. The van der Waals surface area contributed by atoms with Gasteiger partial charge >= 0.3 is 0 Å². The topological polar surface area (TPSA) is 63.4 Å². The normalized spacial score (nSPS) is 12.9. The highest BCUT2D eigenvalue weighted by molar-refractivity contribution is 9.10. The number of carbonyl (C=O) groups excluding carboxylic acids is 1. The van der Waals surface area contributed by atoms with Crippen LogP contribution in [0.15, 0.2) is 83.3 Å². The smallest absolute Gasteiger partial charge is 0.275 e. The van der Waals surface area contributed by atoms with Gasteiger partial charge in [0.2, 0.25) is 0 Å². The molecule has 6 rings (SSSR count). The highest BCUT2D eigenvalue weighted by atomic mass is 79.9. The van der Waals surface area contributed by atoms with Crippen LogP contribution in [0.4, 0.5) is 11.4 Å². The van der Waals surface area contributed by atoms with E-state index in [4.69, 9.17) is 16.7 Å². The Kier molecular flexibility index (Phi) is 6.49. The van der Waals surface area contributed by atoms with Crippen molar-refractivity contribution >= 4 is 50.5 Å². The SMILES string of the molecule is O=C(Nc1ccc(Br)cc1)c1c(-c2ccccc2)c2c3n(c(CNc4ccc(Cl)cc4)nn13)CCCC2. The standard InChI is InChI=1S/C29H25BrClN5O/c30-20-9-13-23(14-10-20)33-28(37)27-26(19-6-2-1-3-7-19)24-8-4-5-17-35-25(34-36(27)29(24)35)18-32-22-15-11-21(31)12-16-22/h1-3,6-7,9-16,32H,4-5,8,17-18H2,(H,33,37). The van der Waals surface area contributed by atoms with Crippen molar-refractivity contribution in [2.45, 2.75) is 32.4 Å². The van der Waals surface area contributed by atoms with Crippen molar-refractivity contribution < 1.29 is 4.79 Å². The number of rotatable bonds is 6. The average molecular weight is 575 g/mol. The molecule has 0 bridgehead atoms. The van der Waals surface area contributed by atoms with Crippen LogP contribution in [-0.2, 0) is 19.5 Å². The summed E-state index contributed by atoms with van der Waals surface area (Å²) in [5.41, 5.74) is 6.44. The molecule has 186 valence electrons. The van der Waals surface area contributed by atoms with Gasteiger partial charge in [0.05, 0.1) is 6.54 Å². The van der Waals surface area contributed by atoms with Crippen LogP contribution in [-0.4, -0.2) is 20.1 Å². The first-order valence-corrected chi connectivity index (χ1v) is 13.5. The number of aryl methyl sites for hydroxylation is 2. The monoisotopic (exact) mass is 573 g/mol. The maximum Gasteiger partial charge on any atom is 0.275 e. The van der Waals surface area contributed by atoms with Crippen molar-refractivity contribution in [3.8, 4) is 11.1 Å². The maximum atomic E-state index is 13.9. The van der Waals surface area contributed by atoms with Gasteiger partial charge in [0.15, 0.2) is 5.82 Å². The van der Waals surface area contributed by atoms with E-state index in [1.165, 1.54) is 5.56 Å². The lowest BCUT2D eigenvalue weighted by atomic mass is 9.98. The second-order valence-electron chi connectivity index (χ2n) is 9.15. The van der Waals surface area contributed by atoms with Crippen LogP contribution in [0.25, 0.3) is 16.8 Å². The highest BCUT2D eigenvalue weighted by Crippen LogP contribution is 2.37. The van der Waals surface area contributed by atoms with E-state index in [2.05, 4.69) is 43.3 Å². The minimum absolute atomic E-state index is 0.176. The Morgan fingerprint density at radius 2 is 1.68 bits per heavy atom. The third kappa shape index (κ3) is 4.65. The minimum atomic E-state index is -0.176. The Morgan fingerprint density at radius 1 is 0.946 bits per heavy atom. The lowest BCUT2D eigenvalue weighted by Crippen LogP contribution is -2.16. The highest BCUT2D eigenvalue weighted by Gasteiger charge is 2.30. The Hall–Kier alpha value is -3.55. The lowest BCUT2D eigenvalue weighted by Gasteiger charge is -2.10. The molecule has 1 aliphatic rings. The van der Waals surface area contributed by atoms with Crippen molar-refractivity contribution in [2.75, 3.05) is 10.6 Å². The summed E-state index contributed by atoms with van der Waals surface area (Å²) in [4.78, 5) is 13.9. The molecular weight excluding hydrogens is 550 g/mol. The number of carbonyl (C=O) groups is 1. The molecule has 0 saturated carbocycles. The van der Waals surface area contributed by atoms with Gasteiger partial charge in [-0.2, -0.15) is 5.10 Å². The molecule has 1 aliphatic heterocycles. The Labute approximate surface area is 228 Å². The zero-order valence-corrected chi connectivity index (χ0v) is 22.4. The number of amides is 1. The zero-order valence-electron chi connectivity index (χ0n) is 20.0. The third-order valence-corrected chi connectivity index (χ3v) is 7.52. The summed E-state index contributed by atoms with van der Waals surface area (Å²) >= 11 is 9.51. The van der Waals surface area contributed by atoms with E-state index in [-0.39, 0.29) is 5.91 Å². The van der Waals surface area contributed by atoms with Crippen molar-refractivity contribution in [2.24, 2.45) is 0 Å². The summed E-state index contributed by atoms with van der Waals surface area (Å²) in [7, 11) is 0. The van der Waals surface area contributed by atoms with Gasteiger partial charge in [-0.25, -0.2) is 4.52 Å².